The van der Waals surface area contributed by atoms with Gasteiger partial charge in [-0.1, -0.05) is 29.3 Å². The number of amides is 2. The molecule has 0 saturated carbocycles. The van der Waals surface area contributed by atoms with Crippen molar-refractivity contribution in [3.05, 3.63) is 87.4 Å². The number of nitrogens with one attached hydrogen (secondary N) is 1. The number of nitrogens with two attached hydrogens (primary N) is 1. The van der Waals surface area contributed by atoms with E-state index in [1.165, 1.54) is 19.2 Å². The zero-order valence-corrected chi connectivity index (χ0v) is 22.6. The van der Waals surface area contributed by atoms with E-state index < -0.39 is 23.2 Å². The summed E-state index contributed by atoms with van der Waals surface area (Å²) in [6.45, 7) is 3.82. The maximum atomic E-state index is 15.4. The number of carbonyl (C=O) groups is 2. The molecule has 3 N–H and O–H groups in total. The SMILES string of the molecule is COc1cc(N)ccc1-c1nc2c(n1C(C)C)C1(C(=O)Nc3cc(Cl)ccc31)N(c1cc(Cl)ccc1F)C2=O. The monoisotopic (exact) mass is 565 g/mol. The van der Waals surface area contributed by atoms with Crippen LogP contribution < -0.4 is 20.7 Å². The molecule has 1 unspecified atom stereocenters. The van der Waals surface area contributed by atoms with Crippen LogP contribution in [-0.2, 0) is 10.3 Å². The predicted molar refractivity (Wildman–Crippen MR) is 148 cm³/mol. The molecule has 6 rings (SSSR count). The van der Waals surface area contributed by atoms with E-state index in [1.807, 2.05) is 18.4 Å². The molecule has 4 aromatic rings. The van der Waals surface area contributed by atoms with Crippen LogP contribution in [0, 0.1) is 5.82 Å². The van der Waals surface area contributed by atoms with Gasteiger partial charge in [-0.15, -0.1) is 0 Å². The minimum absolute atomic E-state index is 0.00917. The number of anilines is 3. The number of imidazole rings is 1. The molecule has 1 spiro atoms. The summed E-state index contributed by atoms with van der Waals surface area (Å²) >= 11 is 12.5. The molecule has 0 radical (unpaired) electrons. The lowest BCUT2D eigenvalue weighted by molar-refractivity contribution is -0.119. The zero-order valence-electron chi connectivity index (χ0n) is 21.1. The van der Waals surface area contributed by atoms with E-state index in [1.54, 1.807) is 36.4 Å². The number of halogens is 3. The molecule has 3 aromatic carbocycles. The van der Waals surface area contributed by atoms with Gasteiger partial charge in [-0.05, 0) is 56.3 Å². The fourth-order valence-electron chi connectivity index (χ4n) is 5.55. The van der Waals surface area contributed by atoms with Crippen molar-refractivity contribution in [1.29, 1.82) is 0 Å². The highest BCUT2D eigenvalue weighted by Gasteiger charge is 2.64. The lowest BCUT2D eigenvalue weighted by Gasteiger charge is -2.36. The van der Waals surface area contributed by atoms with Crippen molar-refractivity contribution in [3.8, 4) is 17.1 Å². The van der Waals surface area contributed by atoms with Crippen LogP contribution in [0.2, 0.25) is 10.0 Å². The van der Waals surface area contributed by atoms with E-state index >= 15 is 4.39 Å². The van der Waals surface area contributed by atoms with Crippen molar-refractivity contribution in [1.82, 2.24) is 9.55 Å². The summed E-state index contributed by atoms with van der Waals surface area (Å²) in [5, 5.41) is 3.45. The van der Waals surface area contributed by atoms with Crippen molar-refractivity contribution in [2.75, 3.05) is 23.1 Å². The summed E-state index contributed by atoms with van der Waals surface area (Å²) < 4.78 is 22.8. The molecule has 2 amide bonds. The highest BCUT2D eigenvalue weighted by molar-refractivity contribution is 6.32. The quantitative estimate of drug-likeness (QED) is 0.294. The van der Waals surface area contributed by atoms with Crippen LogP contribution >= 0.6 is 23.2 Å². The normalized spacial score (nSPS) is 17.7. The maximum absolute atomic E-state index is 15.4. The van der Waals surface area contributed by atoms with Gasteiger partial charge < -0.3 is 20.4 Å². The summed E-state index contributed by atoms with van der Waals surface area (Å²) in [7, 11) is 1.51. The van der Waals surface area contributed by atoms with Crippen molar-refractivity contribution < 1.29 is 18.7 Å². The lowest BCUT2D eigenvalue weighted by atomic mass is 9.87. The number of aromatic nitrogens is 2. The van der Waals surface area contributed by atoms with Crippen LogP contribution in [0.1, 0.15) is 41.6 Å². The first-order valence-corrected chi connectivity index (χ1v) is 12.8. The van der Waals surface area contributed by atoms with Gasteiger partial charge in [0, 0.05) is 39.1 Å². The van der Waals surface area contributed by atoms with Gasteiger partial charge in [-0.3, -0.25) is 14.5 Å². The Labute approximate surface area is 233 Å². The molecule has 1 aromatic heterocycles. The number of benzene rings is 3. The number of rotatable bonds is 4. The summed E-state index contributed by atoms with van der Waals surface area (Å²) in [4.78, 5) is 34.3. The van der Waals surface area contributed by atoms with Gasteiger partial charge in [0.25, 0.3) is 11.8 Å². The Morgan fingerprint density at radius 2 is 1.77 bits per heavy atom. The number of carbonyl (C=O) groups excluding carboxylic acids is 2. The summed E-state index contributed by atoms with van der Waals surface area (Å²) in [6.07, 6.45) is 0. The van der Waals surface area contributed by atoms with Gasteiger partial charge in [-0.25, -0.2) is 9.37 Å². The fraction of sp³-hybridized carbons (Fsp3) is 0.179. The van der Waals surface area contributed by atoms with E-state index in [4.69, 9.17) is 38.7 Å². The first kappa shape index (κ1) is 25.2. The van der Waals surface area contributed by atoms with E-state index in [0.29, 0.717) is 44.8 Å². The number of nitrogen functional groups attached to an aromatic ring is 1. The van der Waals surface area contributed by atoms with E-state index in [-0.39, 0.29) is 22.4 Å². The molecule has 198 valence electrons. The second kappa shape index (κ2) is 8.72. The van der Waals surface area contributed by atoms with Crippen LogP contribution in [0.15, 0.2) is 54.6 Å². The Bertz CT molecular complexity index is 1720. The topological polar surface area (TPSA) is 102 Å². The Hall–Kier alpha value is -4.08. The molecule has 8 nitrogen and oxygen atoms in total. The summed E-state index contributed by atoms with van der Waals surface area (Å²) in [5.74, 6) is -1.07. The zero-order chi connectivity index (χ0) is 27.8. The van der Waals surface area contributed by atoms with E-state index in [2.05, 4.69) is 5.32 Å². The molecule has 0 fully saturated rings. The van der Waals surface area contributed by atoms with Crippen LogP contribution in [-0.4, -0.2) is 28.5 Å². The van der Waals surface area contributed by atoms with Gasteiger partial charge in [0.05, 0.1) is 24.1 Å². The first-order chi connectivity index (χ1) is 18.6. The van der Waals surface area contributed by atoms with Gasteiger partial charge in [0.1, 0.15) is 17.4 Å². The molecule has 1 atom stereocenters. The Morgan fingerprint density at radius 1 is 1.05 bits per heavy atom. The fourth-order valence-corrected chi connectivity index (χ4v) is 5.89. The molecule has 11 heteroatoms. The van der Waals surface area contributed by atoms with Gasteiger partial charge in [0.15, 0.2) is 11.2 Å². The second-order valence-corrected chi connectivity index (χ2v) is 10.5. The number of methoxy groups -OCH3 is 1. The minimum atomic E-state index is -1.80. The molecule has 0 saturated heterocycles. The standard InChI is InChI=1S/C28H22Cl2FN5O3/c1-13(2)35-24-23(34-25(35)17-7-6-16(32)12-22(17)39-3)26(37)36(21-11-15(30)5-9-19(21)31)28(24)18-8-4-14(29)10-20(18)33-27(28)38/h4-13H,32H2,1-3H3,(H,33,38). The third-order valence-electron chi connectivity index (χ3n) is 7.08. The molecular weight excluding hydrogens is 544 g/mol. The Kier molecular flexibility index (Phi) is 5.64. The highest BCUT2D eigenvalue weighted by atomic mass is 35.5. The molecule has 0 aliphatic carbocycles. The van der Waals surface area contributed by atoms with E-state index in [0.717, 1.165) is 11.0 Å². The number of hydrogen-bond acceptors (Lipinski definition) is 5. The van der Waals surface area contributed by atoms with Crippen LogP contribution in [0.4, 0.5) is 21.5 Å². The summed E-state index contributed by atoms with van der Waals surface area (Å²) in [5.41, 5.74) is 6.25. The number of fused-ring (bicyclic) bond motifs is 4. The van der Waals surface area contributed by atoms with Gasteiger partial charge in [0.2, 0.25) is 0 Å². The number of nitrogens with zero attached hydrogens (tertiary/aromatic N) is 3. The number of hydrogen-bond donors (Lipinski definition) is 2. The molecule has 39 heavy (non-hydrogen) atoms. The predicted octanol–water partition coefficient (Wildman–Crippen LogP) is 6.02. The van der Waals surface area contributed by atoms with Gasteiger partial charge >= 0.3 is 0 Å². The highest BCUT2D eigenvalue weighted by Crippen LogP contribution is 2.55. The molecule has 3 heterocycles. The van der Waals surface area contributed by atoms with Crippen molar-refractivity contribution in [2.45, 2.75) is 25.4 Å². The smallest absolute Gasteiger partial charge is 0.280 e. The Morgan fingerprint density at radius 3 is 2.49 bits per heavy atom. The maximum Gasteiger partial charge on any atom is 0.280 e. The van der Waals surface area contributed by atoms with Gasteiger partial charge in [-0.2, -0.15) is 0 Å². The molecule has 2 aliphatic rings. The summed E-state index contributed by atoms with van der Waals surface area (Å²) in [6, 6.07) is 13.6. The van der Waals surface area contributed by atoms with Crippen molar-refractivity contribution in [2.24, 2.45) is 0 Å². The van der Waals surface area contributed by atoms with Crippen LogP contribution in [0.25, 0.3) is 11.4 Å². The molecular formula is C28H22Cl2FN5O3. The van der Waals surface area contributed by atoms with E-state index in [9.17, 15) is 9.59 Å². The molecule has 2 aliphatic heterocycles. The molecule has 0 bridgehead atoms. The minimum Gasteiger partial charge on any atom is -0.496 e. The van der Waals surface area contributed by atoms with Crippen molar-refractivity contribution in [3.63, 3.8) is 0 Å². The van der Waals surface area contributed by atoms with Crippen molar-refractivity contribution >= 4 is 52.1 Å². The van der Waals surface area contributed by atoms with Crippen LogP contribution in [0.3, 0.4) is 0 Å². The lowest BCUT2D eigenvalue weighted by Crippen LogP contribution is -2.51. The Balaban J connectivity index is 1.74. The van der Waals surface area contributed by atoms with Crippen LogP contribution in [0.5, 0.6) is 5.75 Å². The first-order valence-electron chi connectivity index (χ1n) is 12.1. The average molecular weight is 566 g/mol. The second-order valence-electron chi connectivity index (χ2n) is 9.65. The largest absolute Gasteiger partial charge is 0.496 e. The third kappa shape index (κ3) is 3.39. The third-order valence-corrected chi connectivity index (χ3v) is 7.55. The number of ether oxygens (including phenoxy) is 1. The average Bonchev–Trinajstić information content (AvgIpc) is 3.49.